The molecule has 1 saturated heterocycles. The maximum absolute atomic E-state index is 13.4. The normalized spacial score (nSPS) is 13.9. The summed E-state index contributed by atoms with van der Waals surface area (Å²) < 4.78 is 26.4. The molecule has 6 nitrogen and oxygen atoms in total. The number of anilines is 3. The number of hydrogen-bond donors (Lipinski definition) is 3. The van der Waals surface area contributed by atoms with Gasteiger partial charge in [-0.05, 0) is 50.5 Å². The number of aromatic amines is 1. The van der Waals surface area contributed by atoms with Crippen molar-refractivity contribution in [3.05, 3.63) is 59.8 Å². The summed E-state index contributed by atoms with van der Waals surface area (Å²) >= 11 is 0. The maximum atomic E-state index is 13.4. The van der Waals surface area contributed by atoms with Gasteiger partial charge in [0.2, 0.25) is 0 Å². The predicted molar refractivity (Wildman–Crippen MR) is 114 cm³/mol. The van der Waals surface area contributed by atoms with Crippen molar-refractivity contribution in [2.24, 2.45) is 0 Å². The van der Waals surface area contributed by atoms with Crippen LogP contribution in [0.25, 0.3) is 11.3 Å². The molecule has 0 unspecified atom stereocenters. The minimum absolute atomic E-state index is 0.153. The molecule has 2 heterocycles. The average Bonchev–Trinajstić information content (AvgIpc) is 3.11. The van der Waals surface area contributed by atoms with E-state index in [1.165, 1.54) is 31.0 Å². The highest BCUT2D eigenvalue weighted by Crippen LogP contribution is 2.30. The second-order valence-electron chi connectivity index (χ2n) is 7.37. The van der Waals surface area contributed by atoms with Crippen LogP contribution in [0, 0.1) is 18.6 Å². The monoisotopic (exact) mass is 411 g/mol. The van der Waals surface area contributed by atoms with Crippen LogP contribution in [-0.4, -0.2) is 29.3 Å². The average molecular weight is 411 g/mol. The Bertz CT molecular complexity index is 1040. The number of hydrogen-bond acceptors (Lipinski definition) is 3. The van der Waals surface area contributed by atoms with Crippen molar-refractivity contribution in [2.45, 2.75) is 26.2 Å². The first-order valence-electron chi connectivity index (χ1n) is 9.94. The summed E-state index contributed by atoms with van der Waals surface area (Å²) in [7, 11) is 0. The van der Waals surface area contributed by atoms with E-state index in [9.17, 15) is 13.6 Å². The molecule has 1 aromatic heterocycles. The summed E-state index contributed by atoms with van der Waals surface area (Å²) in [5, 5.41) is 12.5. The van der Waals surface area contributed by atoms with E-state index in [-0.39, 0.29) is 5.69 Å². The number of nitrogens with one attached hydrogen (secondary N) is 3. The predicted octanol–water partition coefficient (Wildman–Crippen LogP) is 5.30. The van der Waals surface area contributed by atoms with E-state index >= 15 is 0 Å². The van der Waals surface area contributed by atoms with Crippen molar-refractivity contribution in [2.75, 3.05) is 28.6 Å². The Morgan fingerprint density at radius 1 is 1.00 bits per heavy atom. The van der Waals surface area contributed by atoms with Crippen LogP contribution < -0.4 is 15.5 Å². The number of nitrogens with zero attached hydrogens (tertiary/aromatic N) is 2. The molecule has 0 spiro atoms. The van der Waals surface area contributed by atoms with Gasteiger partial charge in [-0.2, -0.15) is 5.10 Å². The van der Waals surface area contributed by atoms with Gasteiger partial charge in [0.25, 0.3) is 0 Å². The fourth-order valence-corrected chi connectivity index (χ4v) is 3.62. The fourth-order valence-electron chi connectivity index (χ4n) is 3.62. The minimum atomic E-state index is -1.03. The highest BCUT2D eigenvalue weighted by atomic mass is 19.2. The van der Waals surface area contributed by atoms with Gasteiger partial charge < -0.3 is 15.5 Å². The number of piperidine rings is 1. The van der Waals surface area contributed by atoms with E-state index in [1.54, 1.807) is 6.92 Å². The molecule has 156 valence electrons. The minimum Gasteiger partial charge on any atom is -0.372 e. The largest absolute Gasteiger partial charge is 0.372 e. The molecule has 8 heteroatoms. The maximum Gasteiger partial charge on any atom is 0.323 e. The lowest BCUT2D eigenvalue weighted by molar-refractivity contribution is 0.262. The van der Waals surface area contributed by atoms with Crippen LogP contribution in [0.15, 0.2) is 42.5 Å². The molecule has 3 N–H and O–H groups in total. The van der Waals surface area contributed by atoms with Gasteiger partial charge >= 0.3 is 6.03 Å². The lowest BCUT2D eigenvalue weighted by atomic mass is 10.1. The van der Waals surface area contributed by atoms with E-state index in [0.29, 0.717) is 17.1 Å². The summed E-state index contributed by atoms with van der Waals surface area (Å²) in [5.41, 5.74) is 4.02. The lowest BCUT2D eigenvalue weighted by Gasteiger charge is -2.28. The zero-order chi connectivity index (χ0) is 21.1. The Labute approximate surface area is 173 Å². The summed E-state index contributed by atoms with van der Waals surface area (Å²) in [6.45, 7) is 3.93. The fraction of sp³-hybridized carbons (Fsp3) is 0.273. The number of rotatable bonds is 4. The molecule has 0 saturated carbocycles. The van der Waals surface area contributed by atoms with E-state index in [1.807, 2.05) is 12.1 Å². The zero-order valence-electron chi connectivity index (χ0n) is 16.6. The smallest absolute Gasteiger partial charge is 0.323 e. The third-order valence-corrected chi connectivity index (χ3v) is 5.23. The molecule has 1 aliphatic heterocycles. The molecule has 2 amide bonds. The third-order valence-electron chi connectivity index (χ3n) is 5.23. The Balaban J connectivity index is 1.49. The first kappa shape index (κ1) is 19.9. The number of aryl methyl sites for hydroxylation is 1. The summed E-state index contributed by atoms with van der Waals surface area (Å²) in [6.07, 6.45) is 3.70. The van der Waals surface area contributed by atoms with E-state index in [2.05, 4.69) is 37.9 Å². The van der Waals surface area contributed by atoms with E-state index in [4.69, 9.17) is 0 Å². The number of benzene rings is 2. The van der Waals surface area contributed by atoms with Crippen molar-refractivity contribution in [1.29, 1.82) is 0 Å². The molecule has 3 aromatic rings. The number of urea groups is 1. The summed E-state index contributed by atoms with van der Waals surface area (Å²) in [4.78, 5) is 14.8. The molecule has 0 bridgehead atoms. The van der Waals surface area contributed by atoms with Crippen molar-refractivity contribution in [1.82, 2.24) is 10.2 Å². The van der Waals surface area contributed by atoms with Crippen LogP contribution in [0.1, 0.15) is 25.0 Å². The molecule has 4 rings (SSSR count). The van der Waals surface area contributed by atoms with Crippen LogP contribution in [-0.2, 0) is 0 Å². The van der Waals surface area contributed by atoms with Gasteiger partial charge in [0.15, 0.2) is 11.6 Å². The second-order valence-corrected chi connectivity index (χ2v) is 7.37. The number of carbonyl (C=O) groups is 1. The van der Waals surface area contributed by atoms with E-state index in [0.717, 1.165) is 30.8 Å². The third kappa shape index (κ3) is 4.27. The zero-order valence-corrected chi connectivity index (χ0v) is 16.6. The first-order valence-corrected chi connectivity index (χ1v) is 9.94. The number of carbonyl (C=O) groups excluding carboxylic acids is 1. The number of H-pyrrole nitrogens is 1. The van der Waals surface area contributed by atoms with Crippen molar-refractivity contribution in [3.8, 4) is 11.3 Å². The molecule has 0 atom stereocenters. The number of amides is 2. The van der Waals surface area contributed by atoms with Gasteiger partial charge in [0, 0.05) is 36.1 Å². The molecular weight excluding hydrogens is 388 g/mol. The SMILES string of the molecule is Cc1[nH]nc(-c2ccc(N3CCCCC3)cc2)c1NC(=O)Nc1ccc(F)c(F)c1. The van der Waals surface area contributed by atoms with Crippen LogP contribution in [0.2, 0.25) is 0 Å². The van der Waals surface area contributed by atoms with Crippen molar-refractivity contribution in [3.63, 3.8) is 0 Å². The van der Waals surface area contributed by atoms with Crippen LogP contribution in [0.4, 0.5) is 30.6 Å². The summed E-state index contributed by atoms with van der Waals surface area (Å²) in [6, 6.07) is 10.7. The molecular formula is C22H23F2N5O. The van der Waals surface area contributed by atoms with Gasteiger partial charge in [-0.1, -0.05) is 12.1 Å². The highest BCUT2D eigenvalue weighted by Gasteiger charge is 2.17. The molecule has 2 aromatic carbocycles. The Morgan fingerprint density at radius 3 is 2.43 bits per heavy atom. The lowest BCUT2D eigenvalue weighted by Crippen LogP contribution is -2.29. The van der Waals surface area contributed by atoms with Gasteiger partial charge in [-0.15, -0.1) is 0 Å². The standard InChI is InChI=1S/C22H23F2N5O/c1-14-20(26-22(30)25-16-7-10-18(23)19(24)13-16)21(28-27-14)15-5-8-17(9-6-15)29-11-3-2-4-12-29/h5-10,13H,2-4,11-12H2,1H3,(H,27,28)(H2,25,26,30). The Morgan fingerprint density at radius 2 is 1.73 bits per heavy atom. The molecule has 1 aliphatic rings. The van der Waals surface area contributed by atoms with E-state index < -0.39 is 17.7 Å². The van der Waals surface area contributed by atoms with Crippen LogP contribution in [0.5, 0.6) is 0 Å². The van der Waals surface area contributed by atoms with Crippen molar-refractivity contribution < 1.29 is 13.6 Å². The number of aromatic nitrogens is 2. The molecule has 30 heavy (non-hydrogen) atoms. The van der Waals surface area contributed by atoms with Crippen LogP contribution in [0.3, 0.4) is 0 Å². The van der Waals surface area contributed by atoms with Gasteiger partial charge in [-0.25, -0.2) is 13.6 Å². The number of halogens is 2. The Kier molecular flexibility index (Phi) is 5.65. The molecule has 0 aliphatic carbocycles. The topological polar surface area (TPSA) is 73.0 Å². The van der Waals surface area contributed by atoms with Crippen LogP contribution >= 0.6 is 0 Å². The van der Waals surface area contributed by atoms with Gasteiger partial charge in [0.05, 0.1) is 11.4 Å². The van der Waals surface area contributed by atoms with Gasteiger partial charge in [-0.3, -0.25) is 5.10 Å². The summed E-state index contributed by atoms with van der Waals surface area (Å²) in [5.74, 6) is -2.00. The molecule has 0 radical (unpaired) electrons. The van der Waals surface area contributed by atoms with Crippen molar-refractivity contribution >= 4 is 23.1 Å². The highest BCUT2D eigenvalue weighted by molar-refractivity contribution is 6.02. The Hall–Kier alpha value is -3.42. The van der Waals surface area contributed by atoms with Gasteiger partial charge in [0.1, 0.15) is 5.69 Å². The quantitative estimate of drug-likeness (QED) is 0.546. The molecule has 1 fully saturated rings. The first-order chi connectivity index (χ1) is 14.5. The second kappa shape index (κ2) is 8.52.